The molecule has 2 N–H and O–H groups in total. The molecule has 1 aromatic rings. The molecular weight excluding hydrogens is 312 g/mol. The van der Waals surface area contributed by atoms with Crippen LogP contribution in [0.3, 0.4) is 0 Å². The molecule has 2 unspecified atom stereocenters. The fourth-order valence-electron chi connectivity index (χ4n) is 2.22. The minimum Gasteiger partial charge on any atom is -0.381 e. The van der Waals surface area contributed by atoms with Crippen molar-refractivity contribution in [2.45, 2.75) is 46.1 Å². The number of para-hydroxylation sites is 1. The Morgan fingerprint density at radius 2 is 2.10 bits per heavy atom. The first-order valence-corrected chi connectivity index (χ1v) is 7.89. The van der Waals surface area contributed by atoms with Crippen molar-refractivity contribution in [2.24, 2.45) is 5.92 Å². The number of nitrogens with one attached hydrogen (secondary N) is 2. The summed E-state index contributed by atoms with van der Waals surface area (Å²) in [5.41, 5.74) is 1.92. The van der Waals surface area contributed by atoms with E-state index in [1.807, 2.05) is 31.2 Å². The molecule has 0 amide bonds. The van der Waals surface area contributed by atoms with Gasteiger partial charge in [0.2, 0.25) is 0 Å². The molecule has 0 bridgehead atoms. The van der Waals surface area contributed by atoms with E-state index in [2.05, 4.69) is 46.9 Å². The second kappa shape index (κ2) is 8.81. The van der Waals surface area contributed by atoms with Gasteiger partial charge in [0, 0.05) is 23.7 Å². The molecule has 0 radical (unpaired) electrons. The van der Waals surface area contributed by atoms with E-state index in [-0.39, 0.29) is 0 Å². The highest BCUT2D eigenvalue weighted by atomic mass is 79.9. The van der Waals surface area contributed by atoms with E-state index in [0.717, 1.165) is 30.5 Å². The Morgan fingerprint density at radius 1 is 1.40 bits per heavy atom. The Hall–Kier alpha value is -1.27. The van der Waals surface area contributed by atoms with Crippen LogP contribution in [0.5, 0.6) is 0 Å². The van der Waals surface area contributed by atoms with Crippen LogP contribution in [0.1, 0.15) is 45.6 Å². The van der Waals surface area contributed by atoms with E-state index >= 15 is 0 Å². The summed E-state index contributed by atoms with van der Waals surface area (Å²) in [6.07, 6.45) is 3.15. The molecular formula is C17H23BrN2. The lowest BCUT2D eigenvalue weighted by molar-refractivity contribution is 0.462. The highest BCUT2D eigenvalue weighted by Gasteiger charge is 2.17. The Bertz CT molecular complexity index is 499. The molecule has 3 heteroatoms. The maximum atomic E-state index is 7.79. The van der Waals surface area contributed by atoms with Crippen molar-refractivity contribution >= 4 is 26.2 Å². The molecule has 2 nitrogen and oxygen atoms in total. The Balaban J connectivity index is 2.89. The van der Waals surface area contributed by atoms with E-state index in [9.17, 15) is 0 Å². The van der Waals surface area contributed by atoms with Gasteiger partial charge in [-0.05, 0) is 41.3 Å². The van der Waals surface area contributed by atoms with Crippen LogP contribution in [-0.4, -0.2) is 10.7 Å². The topological polar surface area (TPSA) is 35.9 Å². The highest BCUT2D eigenvalue weighted by molar-refractivity contribution is 9.18. The summed E-state index contributed by atoms with van der Waals surface area (Å²) in [6, 6.07) is 8.33. The van der Waals surface area contributed by atoms with Crippen LogP contribution in [0.2, 0.25) is 0 Å². The summed E-state index contributed by atoms with van der Waals surface area (Å²) in [5, 5.41) is 11.4. The Labute approximate surface area is 131 Å². The fraction of sp³-hybridized carbons (Fsp3) is 0.471. The van der Waals surface area contributed by atoms with Gasteiger partial charge >= 0.3 is 0 Å². The first-order valence-electron chi connectivity index (χ1n) is 7.09. The molecule has 1 aromatic carbocycles. The van der Waals surface area contributed by atoms with E-state index in [1.54, 1.807) is 0 Å². The SMILES string of the molecule is CC#CCC(C)C(CCC)Nc1ccccc1C(=N)Br. The molecule has 0 saturated heterocycles. The van der Waals surface area contributed by atoms with Crippen LogP contribution in [0.4, 0.5) is 5.69 Å². The minimum absolute atomic E-state index is 0.383. The number of hydrogen-bond acceptors (Lipinski definition) is 2. The fourth-order valence-corrected chi connectivity index (χ4v) is 2.56. The summed E-state index contributed by atoms with van der Waals surface area (Å²) >= 11 is 3.26. The van der Waals surface area contributed by atoms with Crippen LogP contribution in [0.15, 0.2) is 24.3 Å². The van der Waals surface area contributed by atoms with Crippen molar-refractivity contribution in [2.75, 3.05) is 5.32 Å². The molecule has 2 atom stereocenters. The average Bonchev–Trinajstić information content (AvgIpc) is 2.44. The molecule has 0 aliphatic carbocycles. The first kappa shape index (κ1) is 16.8. The summed E-state index contributed by atoms with van der Waals surface area (Å²) in [7, 11) is 0. The molecule has 0 spiro atoms. The Morgan fingerprint density at radius 3 is 2.70 bits per heavy atom. The Kier molecular flexibility index (Phi) is 7.40. The number of halogens is 1. The van der Waals surface area contributed by atoms with Gasteiger partial charge in [-0.1, -0.05) is 38.5 Å². The van der Waals surface area contributed by atoms with Crippen molar-refractivity contribution in [3.05, 3.63) is 29.8 Å². The van der Waals surface area contributed by atoms with Crippen LogP contribution >= 0.6 is 15.9 Å². The van der Waals surface area contributed by atoms with Crippen molar-refractivity contribution in [1.82, 2.24) is 0 Å². The summed E-state index contributed by atoms with van der Waals surface area (Å²) in [4.78, 5) is 0. The standard InChI is InChI=1S/C17H23BrN2/c1-4-6-10-13(3)15(9-5-2)20-16-12-8-7-11-14(16)17(18)19/h7-8,11-13,15,19-20H,5,9-10H2,1-3H3. The van der Waals surface area contributed by atoms with Crippen molar-refractivity contribution in [3.63, 3.8) is 0 Å². The van der Waals surface area contributed by atoms with Crippen LogP contribution in [0.25, 0.3) is 0 Å². The van der Waals surface area contributed by atoms with Crippen molar-refractivity contribution < 1.29 is 0 Å². The number of hydrogen-bond donors (Lipinski definition) is 2. The summed E-state index contributed by atoms with van der Waals surface area (Å²) < 4.78 is 0.414. The largest absolute Gasteiger partial charge is 0.381 e. The van der Waals surface area contributed by atoms with Gasteiger partial charge in [-0.25, -0.2) is 0 Å². The zero-order valence-corrected chi connectivity index (χ0v) is 14.0. The molecule has 0 aliphatic rings. The lowest BCUT2D eigenvalue weighted by Crippen LogP contribution is -2.27. The van der Waals surface area contributed by atoms with Crippen LogP contribution in [-0.2, 0) is 0 Å². The van der Waals surface area contributed by atoms with Gasteiger partial charge in [-0.3, -0.25) is 5.41 Å². The molecule has 0 aliphatic heterocycles. The summed E-state index contributed by atoms with van der Waals surface area (Å²) in [5.74, 6) is 6.62. The quantitative estimate of drug-likeness (QED) is 0.532. The molecule has 0 fully saturated rings. The lowest BCUT2D eigenvalue weighted by Gasteiger charge is -2.25. The number of rotatable bonds is 7. The predicted molar refractivity (Wildman–Crippen MR) is 91.7 cm³/mol. The summed E-state index contributed by atoms with van der Waals surface area (Å²) in [6.45, 7) is 6.32. The van der Waals surface area contributed by atoms with E-state index in [0.29, 0.717) is 16.6 Å². The molecule has 0 heterocycles. The molecule has 20 heavy (non-hydrogen) atoms. The molecule has 0 aromatic heterocycles. The van der Waals surface area contributed by atoms with Gasteiger partial charge in [-0.2, -0.15) is 0 Å². The normalized spacial score (nSPS) is 13.0. The smallest absolute Gasteiger partial charge is 0.106 e. The van der Waals surface area contributed by atoms with Gasteiger partial charge in [0.05, 0.1) is 0 Å². The zero-order chi connectivity index (χ0) is 15.0. The molecule has 0 saturated carbocycles. The van der Waals surface area contributed by atoms with E-state index in [1.165, 1.54) is 0 Å². The van der Waals surface area contributed by atoms with Crippen LogP contribution in [0, 0.1) is 23.2 Å². The van der Waals surface area contributed by atoms with Gasteiger partial charge < -0.3 is 5.32 Å². The molecule has 108 valence electrons. The third kappa shape index (κ3) is 5.02. The second-order valence-corrected chi connectivity index (χ2v) is 5.80. The monoisotopic (exact) mass is 334 g/mol. The van der Waals surface area contributed by atoms with Gasteiger partial charge in [0.25, 0.3) is 0 Å². The van der Waals surface area contributed by atoms with Crippen LogP contribution < -0.4 is 5.32 Å². The van der Waals surface area contributed by atoms with E-state index < -0.39 is 0 Å². The average molecular weight is 335 g/mol. The van der Waals surface area contributed by atoms with E-state index in [4.69, 9.17) is 5.41 Å². The third-order valence-electron chi connectivity index (χ3n) is 3.39. The highest BCUT2D eigenvalue weighted by Crippen LogP contribution is 2.23. The molecule has 1 rings (SSSR count). The number of anilines is 1. The van der Waals surface area contributed by atoms with Gasteiger partial charge in [-0.15, -0.1) is 11.8 Å². The van der Waals surface area contributed by atoms with Gasteiger partial charge in [0.15, 0.2) is 0 Å². The van der Waals surface area contributed by atoms with Gasteiger partial charge in [0.1, 0.15) is 4.62 Å². The second-order valence-electron chi connectivity index (χ2n) is 5.01. The number of benzene rings is 1. The predicted octanol–water partition coefficient (Wildman–Crippen LogP) is 5.04. The van der Waals surface area contributed by atoms with Crippen molar-refractivity contribution in [3.8, 4) is 11.8 Å². The maximum absolute atomic E-state index is 7.79. The zero-order valence-electron chi connectivity index (χ0n) is 12.5. The van der Waals surface area contributed by atoms with Crippen molar-refractivity contribution in [1.29, 1.82) is 5.41 Å². The lowest BCUT2D eigenvalue weighted by atomic mass is 9.94. The minimum atomic E-state index is 0.383. The maximum Gasteiger partial charge on any atom is 0.106 e. The first-order chi connectivity index (χ1) is 9.60. The third-order valence-corrected chi connectivity index (χ3v) is 3.82.